The van der Waals surface area contributed by atoms with Gasteiger partial charge in [-0.25, -0.2) is 0 Å². The summed E-state index contributed by atoms with van der Waals surface area (Å²) in [4.78, 5) is 0. The lowest BCUT2D eigenvalue weighted by atomic mass is 9.85. The van der Waals surface area contributed by atoms with Crippen molar-refractivity contribution in [3.8, 4) is 5.75 Å². The molecule has 0 amide bonds. The van der Waals surface area contributed by atoms with Gasteiger partial charge >= 0.3 is 0 Å². The Kier molecular flexibility index (Phi) is 4.78. The van der Waals surface area contributed by atoms with E-state index < -0.39 is 0 Å². The molecule has 4 nitrogen and oxygen atoms in total. The lowest BCUT2D eigenvalue weighted by Gasteiger charge is -2.34. The summed E-state index contributed by atoms with van der Waals surface area (Å²) in [5, 5.41) is 3.42. The lowest BCUT2D eigenvalue weighted by Crippen LogP contribution is -2.37. The number of nitrogens with one attached hydrogen (secondary N) is 1. The molecule has 0 bridgehead atoms. The van der Waals surface area contributed by atoms with Gasteiger partial charge in [0.2, 0.25) is 0 Å². The standard InChI is InChI=1S/C17H25NO3/c1-18-17-15-10-13(19-2)7-5-12(15)6-8-16(17)21-11-14-4-3-9-20-14/h5,7,10,14,16-18H,3-4,6,8-9,11H2,1-2H3. The Morgan fingerprint density at radius 3 is 2.95 bits per heavy atom. The maximum atomic E-state index is 6.17. The quantitative estimate of drug-likeness (QED) is 0.904. The average molecular weight is 291 g/mol. The highest BCUT2D eigenvalue weighted by Crippen LogP contribution is 2.34. The minimum atomic E-state index is 0.207. The second-order valence-corrected chi connectivity index (χ2v) is 5.88. The average Bonchev–Trinajstić information content (AvgIpc) is 3.05. The van der Waals surface area contributed by atoms with E-state index in [2.05, 4.69) is 17.4 Å². The predicted octanol–water partition coefficient (Wildman–Crippen LogP) is 2.47. The summed E-state index contributed by atoms with van der Waals surface area (Å²) in [5.74, 6) is 0.911. The van der Waals surface area contributed by atoms with Gasteiger partial charge in [-0.2, -0.15) is 0 Å². The number of rotatable bonds is 5. The molecule has 0 spiro atoms. The molecular weight excluding hydrogens is 266 g/mol. The van der Waals surface area contributed by atoms with Crippen molar-refractivity contribution in [1.82, 2.24) is 5.32 Å². The molecule has 4 heteroatoms. The summed E-state index contributed by atoms with van der Waals surface area (Å²) < 4.78 is 17.2. The number of fused-ring (bicyclic) bond motifs is 1. The Morgan fingerprint density at radius 2 is 2.24 bits per heavy atom. The van der Waals surface area contributed by atoms with Crippen molar-refractivity contribution in [1.29, 1.82) is 0 Å². The number of aryl methyl sites for hydroxylation is 1. The summed E-state index contributed by atoms with van der Waals surface area (Å²) in [6.45, 7) is 1.59. The summed E-state index contributed by atoms with van der Waals surface area (Å²) in [7, 11) is 3.71. The second kappa shape index (κ2) is 6.77. The van der Waals surface area contributed by atoms with Crippen LogP contribution in [-0.4, -0.2) is 39.6 Å². The summed E-state index contributed by atoms with van der Waals surface area (Å²) >= 11 is 0. The van der Waals surface area contributed by atoms with E-state index in [1.54, 1.807) is 7.11 Å². The molecule has 116 valence electrons. The third-order valence-electron chi connectivity index (χ3n) is 4.59. The molecule has 1 heterocycles. The Hall–Kier alpha value is -1.10. The zero-order valence-electron chi connectivity index (χ0n) is 12.9. The van der Waals surface area contributed by atoms with E-state index in [1.807, 2.05) is 13.1 Å². The van der Waals surface area contributed by atoms with Crippen molar-refractivity contribution in [2.75, 3.05) is 27.4 Å². The minimum absolute atomic E-state index is 0.207. The third kappa shape index (κ3) is 3.23. The smallest absolute Gasteiger partial charge is 0.119 e. The number of benzene rings is 1. The van der Waals surface area contributed by atoms with Gasteiger partial charge in [-0.15, -0.1) is 0 Å². The van der Waals surface area contributed by atoms with E-state index in [9.17, 15) is 0 Å². The highest BCUT2D eigenvalue weighted by molar-refractivity contribution is 5.40. The number of likely N-dealkylation sites (N-methyl/N-ethyl adjacent to an activating group) is 1. The van der Waals surface area contributed by atoms with Crippen LogP contribution in [-0.2, 0) is 15.9 Å². The fraction of sp³-hybridized carbons (Fsp3) is 0.647. The first kappa shape index (κ1) is 14.8. The predicted molar refractivity (Wildman–Crippen MR) is 81.8 cm³/mol. The summed E-state index contributed by atoms with van der Waals surface area (Å²) in [5.41, 5.74) is 2.70. The van der Waals surface area contributed by atoms with E-state index in [0.29, 0.717) is 6.61 Å². The van der Waals surface area contributed by atoms with Gasteiger partial charge in [-0.3, -0.25) is 0 Å². The zero-order valence-corrected chi connectivity index (χ0v) is 12.9. The molecule has 3 unspecified atom stereocenters. The van der Waals surface area contributed by atoms with Crippen molar-refractivity contribution < 1.29 is 14.2 Å². The number of hydrogen-bond acceptors (Lipinski definition) is 4. The van der Waals surface area contributed by atoms with Gasteiger partial charge in [0.05, 0.1) is 32.0 Å². The van der Waals surface area contributed by atoms with E-state index in [0.717, 1.165) is 38.0 Å². The van der Waals surface area contributed by atoms with Crippen molar-refractivity contribution >= 4 is 0 Å². The van der Waals surface area contributed by atoms with Crippen molar-refractivity contribution in [3.05, 3.63) is 29.3 Å². The number of ether oxygens (including phenoxy) is 3. The molecule has 21 heavy (non-hydrogen) atoms. The Balaban J connectivity index is 1.70. The minimum Gasteiger partial charge on any atom is -0.497 e. The fourth-order valence-electron chi connectivity index (χ4n) is 3.41. The van der Waals surface area contributed by atoms with Gasteiger partial charge in [0.15, 0.2) is 0 Å². The monoisotopic (exact) mass is 291 g/mol. The van der Waals surface area contributed by atoms with Crippen LogP contribution in [0.3, 0.4) is 0 Å². The maximum Gasteiger partial charge on any atom is 0.119 e. The molecule has 1 N–H and O–H groups in total. The SMILES string of the molecule is CNC1c2cc(OC)ccc2CCC1OCC1CCCO1. The van der Waals surface area contributed by atoms with Crippen LogP contribution >= 0.6 is 0 Å². The second-order valence-electron chi connectivity index (χ2n) is 5.88. The molecule has 0 aromatic heterocycles. The van der Waals surface area contributed by atoms with Crippen LogP contribution in [0, 0.1) is 0 Å². The number of methoxy groups -OCH3 is 1. The molecule has 0 saturated carbocycles. The molecule has 1 aliphatic carbocycles. The van der Waals surface area contributed by atoms with Gasteiger partial charge in [0.1, 0.15) is 5.75 Å². The third-order valence-corrected chi connectivity index (χ3v) is 4.59. The molecule has 2 aliphatic rings. The van der Waals surface area contributed by atoms with Crippen LogP contribution in [0.1, 0.15) is 36.4 Å². The van der Waals surface area contributed by atoms with Gasteiger partial charge in [0.25, 0.3) is 0 Å². The van der Waals surface area contributed by atoms with Crippen molar-refractivity contribution in [2.45, 2.75) is 43.9 Å². The molecule has 1 aliphatic heterocycles. The van der Waals surface area contributed by atoms with E-state index in [4.69, 9.17) is 14.2 Å². The maximum absolute atomic E-state index is 6.17. The van der Waals surface area contributed by atoms with Crippen LogP contribution in [0.5, 0.6) is 5.75 Å². The molecular formula is C17H25NO3. The van der Waals surface area contributed by atoms with Crippen LogP contribution in [0.2, 0.25) is 0 Å². The first-order chi connectivity index (χ1) is 10.3. The van der Waals surface area contributed by atoms with Gasteiger partial charge < -0.3 is 19.5 Å². The van der Waals surface area contributed by atoms with E-state index >= 15 is 0 Å². The molecule has 1 saturated heterocycles. The Labute approximate surface area is 126 Å². The molecule has 1 aromatic rings. The van der Waals surface area contributed by atoms with Crippen LogP contribution < -0.4 is 10.1 Å². The largest absolute Gasteiger partial charge is 0.497 e. The van der Waals surface area contributed by atoms with Crippen LogP contribution in [0.4, 0.5) is 0 Å². The van der Waals surface area contributed by atoms with Crippen molar-refractivity contribution in [3.63, 3.8) is 0 Å². The normalized spacial score (nSPS) is 28.4. The van der Waals surface area contributed by atoms with E-state index in [-0.39, 0.29) is 18.2 Å². The Morgan fingerprint density at radius 1 is 1.33 bits per heavy atom. The van der Waals surface area contributed by atoms with Crippen LogP contribution in [0.25, 0.3) is 0 Å². The molecule has 0 radical (unpaired) electrons. The molecule has 3 rings (SSSR count). The highest BCUT2D eigenvalue weighted by Gasteiger charge is 2.30. The van der Waals surface area contributed by atoms with Crippen molar-refractivity contribution in [2.24, 2.45) is 0 Å². The van der Waals surface area contributed by atoms with E-state index in [1.165, 1.54) is 11.1 Å². The van der Waals surface area contributed by atoms with Gasteiger partial charge in [-0.1, -0.05) is 6.07 Å². The van der Waals surface area contributed by atoms with Gasteiger partial charge in [-0.05, 0) is 56.0 Å². The highest BCUT2D eigenvalue weighted by atomic mass is 16.5. The Bertz CT molecular complexity index is 471. The molecule has 3 atom stereocenters. The first-order valence-corrected chi connectivity index (χ1v) is 7.89. The lowest BCUT2D eigenvalue weighted by molar-refractivity contribution is -0.0389. The fourth-order valence-corrected chi connectivity index (χ4v) is 3.41. The molecule has 1 fully saturated rings. The molecule has 1 aromatic carbocycles. The first-order valence-electron chi connectivity index (χ1n) is 7.89. The topological polar surface area (TPSA) is 39.7 Å². The summed E-state index contributed by atoms with van der Waals surface area (Å²) in [6.07, 6.45) is 4.90. The summed E-state index contributed by atoms with van der Waals surface area (Å²) in [6, 6.07) is 6.58. The van der Waals surface area contributed by atoms with Gasteiger partial charge in [0, 0.05) is 6.61 Å². The zero-order chi connectivity index (χ0) is 14.7. The van der Waals surface area contributed by atoms with Crippen LogP contribution in [0.15, 0.2) is 18.2 Å². The number of hydrogen-bond donors (Lipinski definition) is 1.